The van der Waals surface area contributed by atoms with Crippen molar-refractivity contribution in [2.75, 3.05) is 5.73 Å². The van der Waals surface area contributed by atoms with Gasteiger partial charge in [-0.2, -0.15) is 0 Å². The Morgan fingerprint density at radius 1 is 0.897 bits per heavy atom. The minimum Gasteiger partial charge on any atom is -0.459 e. The van der Waals surface area contributed by atoms with Crippen LogP contribution in [0.3, 0.4) is 0 Å². The zero-order valence-corrected chi connectivity index (χ0v) is 22.7. The van der Waals surface area contributed by atoms with Crippen LogP contribution in [0.4, 0.5) is 10.1 Å². The van der Waals surface area contributed by atoms with Crippen LogP contribution in [0.2, 0.25) is 5.02 Å². The van der Waals surface area contributed by atoms with Gasteiger partial charge in [-0.05, 0) is 80.7 Å². The molecule has 3 aliphatic rings. The minimum atomic E-state index is -0.734. The van der Waals surface area contributed by atoms with Gasteiger partial charge < -0.3 is 10.5 Å². The molecular formula is C31H27ClFNO4S. The molecule has 2 fully saturated rings. The lowest BCUT2D eigenvalue weighted by Crippen LogP contribution is -2.35. The van der Waals surface area contributed by atoms with Crippen LogP contribution < -0.4 is 5.73 Å². The molecule has 2 N–H and O–H groups in total. The average molecular weight is 564 g/mol. The summed E-state index contributed by atoms with van der Waals surface area (Å²) in [5.74, 6) is -0.645. The molecule has 2 unspecified atom stereocenters. The molecule has 0 bridgehead atoms. The first-order valence-corrected chi connectivity index (χ1v) is 14.4. The van der Waals surface area contributed by atoms with Gasteiger partial charge in [-0.25, -0.2) is 9.18 Å². The number of carbonyl (C=O) groups excluding carboxylic acids is 3. The maximum atomic E-state index is 13.9. The van der Waals surface area contributed by atoms with E-state index in [1.54, 1.807) is 54.6 Å². The first-order valence-electron chi connectivity index (χ1n) is 13.2. The van der Waals surface area contributed by atoms with Gasteiger partial charge in [0.2, 0.25) is 0 Å². The maximum absolute atomic E-state index is 13.9. The lowest BCUT2D eigenvalue weighted by Gasteiger charge is -2.40. The van der Waals surface area contributed by atoms with Crippen molar-refractivity contribution in [3.8, 4) is 0 Å². The number of ether oxygens (including phenoxy) is 1. The summed E-state index contributed by atoms with van der Waals surface area (Å²) in [6.45, 7) is 0. The molecule has 0 aromatic heterocycles. The van der Waals surface area contributed by atoms with Crippen LogP contribution in [0.25, 0.3) is 0 Å². The number of anilines is 1. The Kier molecular flexibility index (Phi) is 6.98. The Bertz CT molecular complexity index is 1490. The smallest absolute Gasteiger partial charge is 0.340 e. The highest BCUT2D eigenvalue weighted by atomic mass is 35.5. The first kappa shape index (κ1) is 26.1. The van der Waals surface area contributed by atoms with Crippen LogP contribution in [-0.4, -0.2) is 29.8 Å². The van der Waals surface area contributed by atoms with Gasteiger partial charge in [0.1, 0.15) is 12.3 Å². The molecule has 3 aromatic rings. The molecule has 0 saturated heterocycles. The molecule has 0 amide bonds. The minimum absolute atomic E-state index is 0.0367. The van der Waals surface area contributed by atoms with Crippen LogP contribution in [-0.2, 0) is 4.74 Å². The number of halogens is 2. The number of nitrogen functional groups attached to an aromatic ring is 1. The van der Waals surface area contributed by atoms with Crippen molar-refractivity contribution in [3.05, 3.63) is 87.4 Å². The molecule has 0 aliphatic heterocycles. The van der Waals surface area contributed by atoms with Crippen molar-refractivity contribution in [1.29, 1.82) is 0 Å². The lowest BCUT2D eigenvalue weighted by atomic mass is 9.69. The van der Waals surface area contributed by atoms with E-state index in [1.807, 2.05) is 0 Å². The summed E-state index contributed by atoms with van der Waals surface area (Å²) in [4.78, 5) is 42.0. The summed E-state index contributed by atoms with van der Waals surface area (Å²) in [7, 11) is 0. The van der Waals surface area contributed by atoms with E-state index in [1.165, 1.54) is 11.8 Å². The average Bonchev–Trinajstić information content (AvgIpc) is 2.93. The SMILES string of the molecule is Nc1c(C(=O)O[C@@H]2CC[C@@H]3CC(F)CCC3C2)cc(Sc2ccc(Cl)cc2)c2c1C(=O)c1ccccc1C2=O. The first-order chi connectivity index (χ1) is 18.8. The largest absolute Gasteiger partial charge is 0.459 e. The molecule has 0 radical (unpaired) electrons. The number of rotatable bonds is 4. The summed E-state index contributed by atoms with van der Waals surface area (Å²) in [6, 6.07) is 15.3. The third-order valence-corrected chi connectivity index (χ3v) is 9.54. The maximum Gasteiger partial charge on any atom is 0.340 e. The predicted octanol–water partition coefficient (Wildman–Crippen LogP) is 7.31. The third-order valence-electron chi connectivity index (χ3n) is 8.24. The molecule has 200 valence electrons. The Balaban J connectivity index is 1.36. The van der Waals surface area contributed by atoms with Gasteiger partial charge in [0.25, 0.3) is 0 Å². The molecule has 3 aliphatic carbocycles. The number of nitrogens with two attached hydrogens (primary N) is 1. The van der Waals surface area contributed by atoms with Crippen LogP contribution in [0.1, 0.15) is 80.7 Å². The van der Waals surface area contributed by atoms with E-state index >= 15 is 0 Å². The second-order valence-electron chi connectivity index (χ2n) is 10.6. The molecule has 3 aromatic carbocycles. The number of alkyl halides is 1. The fourth-order valence-electron chi connectivity index (χ4n) is 6.27. The summed E-state index contributed by atoms with van der Waals surface area (Å²) >= 11 is 7.32. The zero-order chi connectivity index (χ0) is 27.3. The van der Waals surface area contributed by atoms with Gasteiger partial charge in [0.05, 0.1) is 16.8 Å². The standard InChI is InChI=1S/C31H27ClFNO4S/c32-18-7-11-21(12-8-18)39-25-15-24(31(37)38-20-10-6-16-13-19(33)9-5-17(16)14-20)28(34)27-26(25)29(35)22-3-1-2-4-23(22)30(27)36/h1-4,7-8,11-12,15-17,19-20H,5-6,9-10,13-14,34H2/t16-,17?,19?,20-/m1/s1. The number of fused-ring (bicyclic) bond motifs is 3. The normalized spacial score (nSPS) is 23.9. The Hall–Kier alpha value is -3.16. The molecule has 4 atom stereocenters. The fraction of sp³-hybridized carbons (Fsp3) is 0.323. The highest BCUT2D eigenvalue weighted by Gasteiger charge is 2.39. The summed E-state index contributed by atoms with van der Waals surface area (Å²) in [6.07, 6.45) is 3.11. The molecule has 0 heterocycles. The second-order valence-corrected chi connectivity index (χ2v) is 12.2. The van der Waals surface area contributed by atoms with E-state index in [4.69, 9.17) is 22.1 Å². The van der Waals surface area contributed by atoms with E-state index in [9.17, 15) is 18.8 Å². The molecule has 8 heteroatoms. The van der Waals surface area contributed by atoms with Crippen molar-refractivity contribution in [1.82, 2.24) is 0 Å². The van der Waals surface area contributed by atoms with Gasteiger partial charge in [-0.15, -0.1) is 0 Å². The van der Waals surface area contributed by atoms with Crippen molar-refractivity contribution in [2.45, 2.75) is 60.6 Å². The van der Waals surface area contributed by atoms with E-state index in [-0.39, 0.29) is 39.8 Å². The molecule has 2 saturated carbocycles. The number of esters is 1. The van der Waals surface area contributed by atoms with Gasteiger partial charge in [-0.1, -0.05) is 47.6 Å². The van der Waals surface area contributed by atoms with Crippen LogP contribution in [0, 0.1) is 11.8 Å². The summed E-state index contributed by atoms with van der Waals surface area (Å²) < 4.78 is 19.8. The molecule has 5 nitrogen and oxygen atoms in total. The number of hydrogen-bond donors (Lipinski definition) is 1. The zero-order valence-electron chi connectivity index (χ0n) is 21.1. The topological polar surface area (TPSA) is 86.5 Å². The highest BCUT2D eigenvalue weighted by molar-refractivity contribution is 7.99. The number of hydrogen-bond acceptors (Lipinski definition) is 6. The fourth-order valence-corrected chi connectivity index (χ4v) is 7.40. The van der Waals surface area contributed by atoms with E-state index < -0.39 is 17.9 Å². The molecule has 0 spiro atoms. The van der Waals surface area contributed by atoms with Crippen LogP contribution >= 0.6 is 23.4 Å². The van der Waals surface area contributed by atoms with Gasteiger partial charge in [0.15, 0.2) is 11.6 Å². The second kappa shape index (κ2) is 10.4. The van der Waals surface area contributed by atoms with Gasteiger partial charge in [0, 0.05) is 31.5 Å². The molecule has 39 heavy (non-hydrogen) atoms. The van der Waals surface area contributed by atoms with Crippen molar-refractivity contribution in [3.63, 3.8) is 0 Å². The van der Waals surface area contributed by atoms with Crippen LogP contribution in [0.15, 0.2) is 64.4 Å². The quantitative estimate of drug-likeness (QED) is 0.207. The number of ketones is 2. The Morgan fingerprint density at radius 3 is 2.26 bits per heavy atom. The van der Waals surface area contributed by atoms with Gasteiger partial charge >= 0.3 is 5.97 Å². The van der Waals surface area contributed by atoms with E-state index in [0.717, 1.165) is 17.7 Å². The Labute approximate surface area is 235 Å². The van der Waals surface area contributed by atoms with E-state index in [0.29, 0.717) is 53.0 Å². The van der Waals surface area contributed by atoms with Crippen LogP contribution in [0.5, 0.6) is 0 Å². The summed E-state index contributed by atoms with van der Waals surface area (Å²) in [5.41, 5.74) is 7.30. The highest BCUT2D eigenvalue weighted by Crippen LogP contribution is 2.44. The molecular weight excluding hydrogens is 537 g/mol. The third kappa shape index (κ3) is 4.87. The summed E-state index contributed by atoms with van der Waals surface area (Å²) in [5, 5.41) is 0.567. The number of benzene rings is 3. The van der Waals surface area contributed by atoms with Crippen molar-refractivity contribution >= 4 is 46.6 Å². The van der Waals surface area contributed by atoms with E-state index in [2.05, 4.69) is 0 Å². The monoisotopic (exact) mass is 563 g/mol. The predicted molar refractivity (Wildman–Crippen MR) is 149 cm³/mol. The Morgan fingerprint density at radius 2 is 1.54 bits per heavy atom. The van der Waals surface area contributed by atoms with Gasteiger partial charge in [-0.3, -0.25) is 9.59 Å². The number of carbonyl (C=O) groups is 3. The van der Waals surface area contributed by atoms with Crippen molar-refractivity contribution < 1.29 is 23.5 Å². The lowest BCUT2D eigenvalue weighted by molar-refractivity contribution is -0.00817. The molecule has 6 rings (SSSR count). The van der Waals surface area contributed by atoms with Crippen molar-refractivity contribution in [2.24, 2.45) is 11.8 Å².